The van der Waals surface area contributed by atoms with Crippen LogP contribution >= 0.6 is 11.3 Å². The minimum atomic E-state index is -3.56. The summed E-state index contributed by atoms with van der Waals surface area (Å²) in [6.07, 6.45) is 0. The van der Waals surface area contributed by atoms with Crippen LogP contribution in [0.2, 0.25) is 0 Å². The number of nitrogens with zero attached hydrogens (tertiary/aromatic N) is 2. The topological polar surface area (TPSA) is 97.1 Å². The Morgan fingerprint density at radius 1 is 1.38 bits per heavy atom. The number of rotatable bonds is 7. The first-order chi connectivity index (χ1) is 9.87. The van der Waals surface area contributed by atoms with Gasteiger partial charge in [0.25, 0.3) is 0 Å². The molecule has 2 aromatic heterocycles. The molecule has 2 rings (SSSR count). The summed E-state index contributed by atoms with van der Waals surface area (Å²) in [5.41, 5.74) is 0. The number of hydrogen-bond acceptors (Lipinski definition) is 7. The molecule has 0 spiro atoms. The van der Waals surface area contributed by atoms with Crippen LogP contribution in [0.1, 0.15) is 30.4 Å². The van der Waals surface area contributed by atoms with E-state index in [4.69, 9.17) is 4.52 Å². The van der Waals surface area contributed by atoms with Crippen molar-refractivity contribution in [3.05, 3.63) is 28.0 Å². The highest BCUT2D eigenvalue weighted by Crippen LogP contribution is 2.19. The van der Waals surface area contributed by atoms with Crippen LogP contribution in [0.25, 0.3) is 0 Å². The molecule has 0 aromatic carbocycles. The van der Waals surface area contributed by atoms with Crippen LogP contribution in [-0.4, -0.2) is 24.6 Å². The predicted molar refractivity (Wildman–Crippen MR) is 79.4 cm³/mol. The minimum Gasteiger partial charge on any atom is -0.338 e. The van der Waals surface area contributed by atoms with E-state index in [2.05, 4.69) is 20.2 Å². The second-order valence-corrected chi connectivity index (χ2v) is 7.61. The smallest absolute Gasteiger partial charge is 0.241 e. The van der Waals surface area contributed by atoms with Crippen LogP contribution in [-0.2, 0) is 23.1 Å². The fraction of sp³-hybridized carbons (Fsp3) is 0.500. The van der Waals surface area contributed by atoms with E-state index in [1.54, 1.807) is 18.4 Å². The maximum Gasteiger partial charge on any atom is 0.241 e. The van der Waals surface area contributed by atoms with Gasteiger partial charge in [-0.05, 0) is 13.0 Å². The quantitative estimate of drug-likeness (QED) is 0.797. The van der Waals surface area contributed by atoms with Gasteiger partial charge in [-0.1, -0.05) is 19.0 Å². The molecule has 0 aliphatic rings. The first kappa shape index (κ1) is 16.1. The lowest BCUT2D eigenvalue weighted by Gasteiger charge is -2.05. The number of sulfonamides is 1. The normalized spacial score (nSPS) is 12.2. The first-order valence-electron chi connectivity index (χ1n) is 6.46. The highest BCUT2D eigenvalue weighted by Gasteiger charge is 2.17. The third-order valence-corrected chi connectivity index (χ3v) is 5.07. The van der Waals surface area contributed by atoms with Crippen molar-refractivity contribution < 1.29 is 12.9 Å². The lowest BCUT2D eigenvalue weighted by molar-refractivity contribution is 0.372. The third kappa shape index (κ3) is 4.60. The average Bonchev–Trinajstić information content (AvgIpc) is 3.03. The molecule has 0 saturated heterocycles. The Morgan fingerprint density at radius 2 is 2.14 bits per heavy atom. The number of nitrogens with one attached hydrogen (secondary N) is 2. The number of hydrogen-bond donors (Lipinski definition) is 2. The van der Waals surface area contributed by atoms with Gasteiger partial charge in [0.15, 0.2) is 5.82 Å². The Labute approximate surface area is 127 Å². The zero-order chi connectivity index (χ0) is 15.5. The van der Waals surface area contributed by atoms with Crippen LogP contribution in [0.15, 0.2) is 20.9 Å². The molecule has 0 bridgehead atoms. The molecule has 0 aliphatic carbocycles. The van der Waals surface area contributed by atoms with Crippen molar-refractivity contribution in [1.29, 1.82) is 0 Å². The second kappa shape index (κ2) is 6.65. The van der Waals surface area contributed by atoms with E-state index in [9.17, 15) is 8.42 Å². The van der Waals surface area contributed by atoms with Crippen molar-refractivity contribution in [1.82, 2.24) is 20.2 Å². The Morgan fingerprint density at radius 3 is 2.76 bits per heavy atom. The van der Waals surface area contributed by atoms with Crippen LogP contribution in [0.5, 0.6) is 0 Å². The summed E-state index contributed by atoms with van der Waals surface area (Å²) in [7, 11) is -3.56. The van der Waals surface area contributed by atoms with Gasteiger partial charge in [-0.15, -0.1) is 11.3 Å². The second-order valence-electron chi connectivity index (χ2n) is 4.84. The molecule has 116 valence electrons. The molecule has 2 N–H and O–H groups in total. The minimum absolute atomic E-state index is 0.0153. The lowest BCUT2D eigenvalue weighted by Crippen LogP contribution is -2.23. The molecule has 9 heteroatoms. The molecule has 0 aliphatic heterocycles. The fourth-order valence-corrected chi connectivity index (χ4v) is 3.75. The zero-order valence-corrected chi connectivity index (χ0v) is 13.7. The summed E-state index contributed by atoms with van der Waals surface area (Å²) in [5, 5.41) is 8.48. The fourth-order valence-electron chi connectivity index (χ4n) is 1.55. The third-order valence-electron chi connectivity index (χ3n) is 2.61. The van der Waals surface area contributed by atoms with Gasteiger partial charge in [-0.2, -0.15) is 4.98 Å². The molecular formula is C12H18N4O3S2. The molecule has 2 heterocycles. The van der Waals surface area contributed by atoms with Crippen molar-refractivity contribution in [2.45, 2.75) is 44.8 Å². The van der Waals surface area contributed by atoms with E-state index in [-0.39, 0.29) is 17.3 Å². The molecule has 0 unspecified atom stereocenters. The van der Waals surface area contributed by atoms with E-state index < -0.39 is 10.0 Å². The van der Waals surface area contributed by atoms with E-state index >= 15 is 0 Å². The molecule has 0 fully saturated rings. The Balaban J connectivity index is 1.99. The largest absolute Gasteiger partial charge is 0.338 e. The summed E-state index contributed by atoms with van der Waals surface area (Å²) >= 11 is 1.41. The van der Waals surface area contributed by atoms with Gasteiger partial charge in [0.05, 0.1) is 11.4 Å². The van der Waals surface area contributed by atoms with E-state index in [1.807, 2.05) is 13.8 Å². The first-order valence-corrected chi connectivity index (χ1v) is 8.83. The maximum atomic E-state index is 12.1. The van der Waals surface area contributed by atoms with Crippen molar-refractivity contribution in [3.8, 4) is 0 Å². The molecule has 0 saturated carbocycles. The van der Waals surface area contributed by atoms with E-state index in [1.165, 1.54) is 11.3 Å². The predicted octanol–water partition coefficient (Wildman–Crippen LogP) is 1.42. The molecule has 0 amide bonds. The monoisotopic (exact) mass is 330 g/mol. The van der Waals surface area contributed by atoms with Gasteiger partial charge >= 0.3 is 0 Å². The Hall–Kier alpha value is -1.29. The standard InChI is InChI=1S/C12H18N4O3S2/c1-8(2)13-5-10-4-11(7-20-10)21(17,18)14-6-12-15-9(3)16-19-12/h4,7-8,13-14H,5-6H2,1-3H3. The summed E-state index contributed by atoms with van der Waals surface area (Å²) in [5.74, 6) is 0.717. The number of thiophene rings is 1. The maximum absolute atomic E-state index is 12.1. The van der Waals surface area contributed by atoms with Gasteiger partial charge in [-0.3, -0.25) is 0 Å². The summed E-state index contributed by atoms with van der Waals surface area (Å²) in [4.78, 5) is 5.17. The Bertz CT molecular complexity index is 691. The molecule has 2 aromatic rings. The van der Waals surface area contributed by atoms with Gasteiger partial charge in [0.2, 0.25) is 15.9 Å². The average molecular weight is 330 g/mol. The lowest BCUT2D eigenvalue weighted by atomic mass is 10.4. The molecule has 7 nitrogen and oxygen atoms in total. The Kier molecular flexibility index (Phi) is 5.09. The van der Waals surface area contributed by atoms with Crippen LogP contribution in [0.3, 0.4) is 0 Å². The van der Waals surface area contributed by atoms with Crippen molar-refractivity contribution in [2.75, 3.05) is 0 Å². The molecule has 0 radical (unpaired) electrons. The summed E-state index contributed by atoms with van der Waals surface area (Å²) in [6.45, 7) is 6.39. The SMILES string of the molecule is Cc1noc(CNS(=O)(=O)c2csc(CNC(C)C)c2)n1. The van der Waals surface area contributed by atoms with Gasteiger partial charge in [0.1, 0.15) is 0 Å². The summed E-state index contributed by atoms with van der Waals surface area (Å²) in [6, 6.07) is 2.02. The van der Waals surface area contributed by atoms with E-state index in [0.29, 0.717) is 18.4 Å². The highest BCUT2D eigenvalue weighted by atomic mass is 32.2. The van der Waals surface area contributed by atoms with Crippen LogP contribution < -0.4 is 10.0 Å². The zero-order valence-electron chi connectivity index (χ0n) is 12.1. The van der Waals surface area contributed by atoms with Gasteiger partial charge < -0.3 is 9.84 Å². The van der Waals surface area contributed by atoms with Gasteiger partial charge in [0, 0.05) is 22.8 Å². The summed E-state index contributed by atoms with van der Waals surface area (Å²) < 4.78 is 31.6. The highest BCUT2D eigenvalue weighted by molar-refractivity contribution is 7.89. The van der Waals surface area contributed by atoms with Crippen LogP contribution in [0.4, 0.5) is 0 Å². The van der Waals surface area contributed by atoms with Crippen molar-refractivity contribution in [2.24, 2.45) is 0 Å². The van der Waals surface area contributed by atoms with Crippen molar-refractivity contribution in [3.63, 3.8) is 0 Å². The van der Waals surface area contributed by atoms with Gasteiger partial charge in [-0.25, -0.2) is 13.1 Å². The molecule has 0 atom stereocenters. The number of aryl methyl sites for hydroxylation is 1. The van der Waals surface area contributed by atoms with Crippen molar-refractivity contribution >= 4 is 21.4 Å². The number of aromatic nitrogens is 2. The molecule has 21 heavy (non-hydrogen) atoms. The molecular weight excluding hydrogens is 312 g/mol. The van der Waals surface area contributed by atoms with Crippen LogP contribution in [0, 0.1) is 6.92 Å². The van der Waals surface area contributed by atoms with E-state index in [0.717, 1.165) is 4.88 Å².